The van der Waals surface area contributed by atoms with Gasteiger partial charge in [-0.15, -0.1) is 0 Å². The van der Waals surface area contributed by atoms with Crippen LogP contribution >= 0.6 is 0 Å². The van der Waals surface area contributed by atoms with Crippen molar-refractivity contribution >= 4 is 0 Å². The van der Waals surface area contributed by atoms with Crippen molar-refractivity contribution < 1.29 is 8.78 Å². The van der Waals surface area contributed by atoms with E-state index in [1.165, 1.54) is 0 Å². The van der Waals surface area contributed by atoms with Crippen LogP contribution in [0.1, 0.15) is 20.3 Å². The molecule has 14 heavy (non-hydrogen) atoms. The Kier molecular flexibility index (Phi) is 7.99. The van der Waals surface area contributed by atoms with Crippen molar-refractivity contribution in [3.8, 4) is 0 Å². The van der Waals surface area contributed by atoms with Crippen molar-refractivity contribution in [2.45, 2.75) is 26.7 Å². The third-order valence-electron chi connectivity index (χ3n) is 1.90. The summed E-state index contributed by atoms with van der Waals surface area (Å²) in [6.45, 7) is 6.82. The van der Waals surface area contributed by atoms with Crippen LogP contribution in [-0.4, -0.2) is 44.6 Å². The molecule has 0 saturated heterocycles. The first kappa shape index (κ1) is 13.8. The van der Waals surface area contributed by atoms with Gasteiger partial charge in [-0.25, -0.2) is 8.78 Å². The van der Waals surface area contributed by atoms with Gasteiger partial charge in [0.1, 0.15) is 0 Å². The maximum Gasteiger partial charge on any atom is 0.251 e. The molecule has 0 unspecified atom stereocenters. The second-order valence-corrected chi connectivity index (χ2v) is 4.10. The molecular weight excluding hydrogens is 186 g/mol. The fourth-order valence-corrected chi connectivity index (χ4v) is 1.19. The van der Waals surface area contributed by atoms with Gasteiger partial charge in [-0.05, 0) is 39.0 Å². The predicted octanol–water partition coefficient (Wildman–Crippen LogP) is 1.82. The normalized spacial score (nSPS) is 12.0. The molecular formula is C10H22F2N2. The lowest BCUT2D eigenvalue weighted by Gasteiger charge is -2.16. The Balaban J connectivity index is 3.19. The molecule has 0 aromatic rings. The Morgan fingerprint density at radius 1 is 1.29 bits per heavy atom. The number of hydrogen-bond donors (Lipinski definition) is 1. The molecule has 86 valence electrons. The van der Waals surface area contributed by atoms with Crippen molar-refractivity contribution in [3.63, 3.8) is 0 Å². The zero-order valence-electron chi connectivity index (χ0n) is 9.39. The summed E-state index contributed by atoms with van der Waals surface area (Å²) in [7, 11) is 1.73. The van der Waals surface area contributed by atoms with Crippen LogP contribution in [0.2, 0.25) is 0 Å². The highest BCUT2D eigenvalue weighted by Crippen LogP contribution is 1.96. The second kappa shape index (κ2) is 8.12. The van der Waals surface area contributed by atoms with Gasteiger partial charge in [0.05, 0.1) is 6.54 Å². The molecule has 0 aliphatic heterocycles. The maximum atomic E-state index is 11.9. The number of nitrogens with one attached hydrogen (secondary N) is 1. The Labute approximate surface area is 85.7 Å². The molecule has 0 aromatic carbocycles. The second-order valence-electron chi connectivity index (χ2n) is 4.10. The van der Waals surface area contributed by atoms with E-state index < -0.39 is 6.43 Å². The molecule has 2 nitrogen and oxygen atoms in total. The molecule has 0 rings (SSSR count). The minimum Gasteiger partial charge on any atom is -0.316 e. The highest BCUT2D eigenvalue weighted by Gasteiger charge is 2.06. The zero-order valence-corrected chi connectivity index (χ0v) is 9.39. The average molecular weight is 208 g/mol. The van der Waals surface area contributed by atoms with E-state index in [1.807, 2.05) is 0 Å². The molecule has 0 bridgehead atoms. The van der Waals surface area contributed by atoms with Crippen molar-refractivity contribution in [3.05, 3.63) is 0 Å². The summed E-state index contributed by atoms with van der Waals surface area (Å²) < 4.78 is 23.8. The SMILES string of the molecule is CC(C)CNCCCN(C)CC(F)F. The molecule has 0 saturated carbocycles. The molecule has 0 heterocycles. The minimum atomic E-state index is -2.22. The molecule has 0 amide bonds. The van der Waals surface area contributed by atoms with E-state index in [2.05, 4.69) is 19.2 Å². The van der Waals surface area contributed by atoms with Crippen LogP contribution in [0.25, 0.3) is 0 Å². The number of halogens is 2. The van der Waals surface area contributed by atoms with E-state index in [4.69, 9.17) is 0 Å². The summed E-state index contributed by atoms with van der Waals surface area (Å²) in [6.07, 6.45) is -1.29. The fraction of sp³-hybridized carbons (Fsp3) is 1.00. The predicted molar refractivity (Wildman–Crippen MR) is 55.8 cm³/mol. The molecule has 0 aliphatic carbocycles. The molecule has 1 N–H and O–H groups in total. The van der Waals surface area contributed by atoms with Gasteiger partial charge in [-0.3, -0.25) is 0 Å². The minimum absolute atomic E-state index is 0.121. The van der Waals surface area contributed by atoms with Crippen LogP contribution in [0, 0.1) is 5.92 Å². The molecule has 0 spiro atoms. The third kappa shape index (κ3) is 9.86. The van der Waals surface area contributed by atoms with E-state index >= 15 is 0 Å². The summed E-state index contributed by atoms with van der Waals surface area (Å²) in [5.41, 5.74) is 0. The number of alkyl halides is 2. The van der Waals surface area contributed by atoms with E-state index in [-0.39, 0.29) is 6.54 Å². The lowest BCUT2D eigenvalue weighted by atomic mass is 10.2. The average Bonchev–Trinajstić information content (AvgIpc) is 2.01. The Morgan fingerprint density at radius 3 is 2.43 bits per heavy atom. The summed E-state index contributed by atoms with van der Waals surface area (Å²) in [4.78, 5) is 1.67. The van der Waals surface area contributed by atoms with E-state index in [0.717, 1.165) is 26.1 Å². The summed E-state index contributed by atoms with van der Waals surface area (Å²) in [5.74, 6) is 0.647. The van der Waals surface area contributed by atoms with Crippen LogP contribution in [0.15, 0.2) is 0 Å². The van der Waals surface area contributed by atoms with Crippen LogP contribution in [0.3, 0.4) is 0 Å². The summed E-state index contributed by atoms with van der Waals surface area (Å²) in [5, 5.41) is 3.28. The van der Waals surface area contributed by atoms with Crippen molar-refractivity contribution in [1.82, 2.24) is 10.2 Å². The van der Waals surface area contributed by atoms with E-state index in [9.17, 15) is 8.78 Å². The van der Waals surface area contributed by atoms with Gasteiger partial charge in [-0.1, -0.05) is 13.8 Å². The van der Waals surface area contributed by atoms with Crippen LogP contribution in [0.4, 0.5) is 8.78 Å². The lowest BCUT2D eigenvalue weighted by Crippen LogP contribution is -2.29. The van der Waals surface area contributed by atoms with Crippen molar-refractivity contribution in [1.29, 1.82) is 0 Å². The number of nitrogens with zero attached hydrogens (tertiary/aromatic N) is 1. The molecule has 0 fully saturated rings. The fourth-order valence-electron chi connectivity index (χ4n) is 1.19. The molecule has 0 radical (unpaired) electrons. The Bertz CT molecular complexity index is 129. The summed E-state index contributed by atoms with van der Waals surface area (Å²) in [6, 6.07) is 0. The topological polar surface area (TPSA) is 15.3 Å². The monoisotopic (exact) mass is 208 g/mol. The van der Waals surface area contributed by atoms with Crippen LogP contribution < -0.4 is 5.32 Å². The van der Waals surface area contributed by atoms with Gasteiger partial charge in [-0.2, -0.15) is 0 Å². The van der Waals surface area contributed by atoms with Crippen molar-refractivity contribution in [2.24, 2.45) is 5.92 Å². The molecule has 0 aliphatic rings. The van der Waals surface area contributed by atoms with Crippen molar-refractivity contribution in [2.75, 3.05) is 33.2 Å². The van der Waals surface area contributed by atoms with Gasteiger partial charge in [0, 0.05) is 0 Å². The number of rotatable bonds is 8. The molecule has 0 atom stereocenters. The highest BCUT2D eigenvalue weighted by molar-refractivity contribution is 4.56. The number of hydrogen-bond acceptors (Lipinski definition) is 2. The van der Waals surface area contributed by atoms with Gasteiger partial charge in [0.15, 0.2) is 0 Å². The van der Waals surface area contributed by atoms with E-state index in [1.54, 1.807) is 11.9 Å². The largest absolute Gasteiger partial charge is 0.316 e. The summed E-state index contributed by atoms with van der Waals surface area (Å²) >= 11 is 0. The standard InChI is InChI=1S/C10H22F2N2/c1-9(2)7-13-5-4-6-14(3)8-10(11)12/h9-10,13H,4-8H2,1-3H3. The first-order valence-corrected chi connectivity index (χ1v) is 5.19. The first-order chi connectivity index (χ1) is 6.52. The van der Waals surface area contributed by atoms with Crippen LogP contribution in [-0.2, 0) is 0 Å². The zero-order chi connectivity index (χ0) is 11.0. The molecule has 0 aromatic heterocycles. The molecule has 4 heteroatoms. The van der Waals surface area contributed by atoms with Crippen LogP contribution in [0.5, 0.6) is 0 Å². The Hall–Kier alpha value is -0.220. The lowest BCUT2D eigenvalue weighted by molar-refractivity contribution is 0.0998. The van der Waals surface area contributed by atoms with Gasteiger partial charge >= 0.3 is 0 Å². The Morgan fingerprint density at radius 2 is 1.93 bits per heavy atom. The first-order valence-electron chi connectivity index (χ1n) is 5.19. The smallest absolute Gasteiger partial charge is 0.251 e. The van der Waals surface area contributed by atoms with Gasteiger partial charge < -0.3 is 10.2 Å². The van der Waals surface area contributed by atoms with E-state index in [0.29, 0.717) is 5.92 Å². The van der Waals surface area contributed by atoms with Gasteiger partial charge in [0.2, 0.25) is 0 Å². The third-order valence-corrected chi connectivity index (χ3v) is 1.90. The van der Waals surface area contributed by atoms with Gasteiger partial charge in [0.25, 0.3) is 6.43 Å². The maximum absolute atomic E-state index is 11.9. The highest BCUT2D eigenvalue weighted by atomic mass is 19.3. The quantitative estimate of drug-likeness (QED) is 0.612.